The van der Waals surface area contributed by atoms with Gasteiger partial charge in [0.05, 0.1) is 5.88 Å². The second-order valence-corrected chi connectivity index (χ2v) is 7.33. The molecule has 0 aromatic carbocycles. The number of carbonyl (C=O) groups is 2. The highest BCUT2D eigenvalue weighted by atomic mass is 32.2. The van der Waals surface area contributed by atoms with Crippen LogP contribution in [0, 0.1) is 12.8 Å². The fourth-order valence-electron chi connectivity index (χ4n) is 3.19. The topological polar surface area (TPSA) is 62.3 Å². The minimum absolute atomic E-state index is 0.0538. The third kappa shape index (κ3) is 3.86. The van der Waals surface area contributed by atoms with Gasteiger partial charge >= 0.3 is 0 Å². The number of rotatable bonds is 4. The molecule has 1 aromatic rings. The third-order valence-electron chi connectivity index (χ3n) is 4.61. The zero-order valence-electron chi connectivity index (χ0n) is 13.5. The van der Waals surface area contributed by atoms with E-state index in [9.17, 15) is 9.59 Å². The Hall–Kier alpha value is -1.56. The van der Waals surface area contributed by atoms with Gasteiger partial charge in [-0.15, -0.1) is 11.8 Å². The normalized spacial score (nSPS) is 21.6. The average Bonchev–Trinajstić information content (AvgIpc) is 3.24. The van der Waals surface area contributed by atoms with Crippen LogP contribution in [0.5, 0.6) is 0 Å². The molecule has 1 unspecified atom stereocenters. The maximum atomic E-state index is 12.6. The van der Waals surface area contributed by atoms with Crippen molar-refractivity contribution in [2.75, 3.05) is 11.6 Å². The predicted octanol–water partition coefficient (Wildman–Crippen LogP) is 2.10. The first-order chi connectivity index (χ1) is 11.1. The summed E-state index contributed by atoms with van der Waals surface area (Å²) in [4.78, 5) is 31.1. The molecular weight excluding hydrogens is 310 g/mol. The fraction of sp³-hybridized carbons (Fsp3) is 0.588. The van der Waals surface area contributed by atoms with Crippen molar-refractivity contribution in [1.82, 2.24) is 15.2 Å². The summed E-state index contributed by atoms with van der Waals surface area (Å²) >= 11 is 1.66. The van der Waals surface area contributed by atoms with Crippen LogP contribution in [0.25, 0.3) is 0 Å². The summed E-state index contributed by atoms with van der Waals surface area (Å²) in [6.07, 6.45) is 6.00. The van der Waals surface area contributed by atoms with Crippen molar-refractivity contribution in [3.8, 4) is 0 Å². The van der Waals surface area contributed by atoms with Crippen molar-refractivity contribution < 1.29 is 9.59 Å². The summed E-state index contributed by atoms with van der Waals surface area (Å²) in [6.45, 7) is 2.39. The average molecular weight is 333 g/mol. The Balaban J connectivity index is 1.57. The number of nitrogens with one attached hydrogen (secondary N) is 1. The lowest BCUT2D eigenvalue weighted by molar-refractivity contribution is -0.141. The molecule has 2 aliphatic rings. The van der Waals surface area contributed by atoms with Crippen LogP contribution in [0.1, 0.15) is 36.9 Å². The molecule has 1 aliphatic carbocycles. The molecule has 23 heavy (non-hydrogen) atoms. The first kappa shape index (κ1) is 16.3. The molecule has 3 rings (SSSR count). The van der Waals surface area contributed by atoms with Crippen LogP contribution in [0.4, 0.5) is 0 Å². The summed E-state index contributed by atoms with van der Waals surface area (Å²) in [5.41, 5.74) is 1.93. The van der Waals surface area contributed by atoms with Crippen LogP contribution in [-0.2, 0) is 16.1 Å². The molecule has 2 fully saturated rings. The van der Waals surface area contributed by atoms with E-state index in [1.54, 1.807) is 22.9 Å². The van der Waals surface area contributed by atoms with Crippen LogP contribution in [0.2, 0.25) is 0 Å². The van der Waals surface area contributed by atoms with Gasteiger partial charge in [0, 0.05) is 30.1 Å². The maximum Gasteiger partial charge on any atom is 0.243 e. The summed E-state index contributed by atoms with van der Waals surface area (Å²) in [5.74, 6) is 1.58. The standard InChI is InChI=1S/C17H23N3O2S/c1-12-6-7-13(8-18-12)9-19-16(21)15-10-23-11-20(15)17(22)14-4-2-3-5-14/h6-8,14-15H,2-5,9-11H2,1H3,(H,19,21). The lowest BCUT2D eigenvalue weighted by atomic mass is 10.1. The summed E-state index contributed by atoms with van der Waals surface area (Å²) in [7, 11) is 0. The van der Waals surface area contributed by atoms with E-state index in [0.717, 1.165) is 36.9 Å². The predicted molar refractivity (Wildman–Crippen MR) is 90.7 cm³/mol. The molecule has 1 N–H and O–H groups in total. The van der Waals surface area contributed by atoms with Gasteiger partial charge in [-0.25, -0.2) is 0 Å². The van der Waals surface area contributed by atoms with Crippen LogP contribution in [0.3, 0.4) is 0 Å². The number of nitrogens with zero attached hydrogens (tertiary/aromatic N) is 2. The van der Waals surface area contributed by atoms with Crippen molar-refractivity contribution in [2.45, 2.75) is 45.2 Å². The van der Waals surface area contributed by atoms with Crippen LogP contribution in [-0.4, -0.2) is 39.4 Å². The molecule has 1 atom stereocenters. The van der Waals surface area contributed by atoms with E-state index < -0.39 is 0 Å². The number of carbonyl (C=O) groups excluding carboxylic acids is 2. The minimum Gasteiger partial charge on any atom is -0.350 e. The van der Waals surface area contributed by atoms with Crippen LogP contribution >= 0.6 is 11.8 Å². The SMILES string of the molecule is Cc1ccc(CNC(=O)C2CSCN2C(=O)C2CCCC2)cn1. The van der Waals surface area contributed by atoms with E-state index in [2.05, 4.69) is 10.3 Å². The molecule has 124 valence electrons. The Labute approximate surface area is 141 Å². The highest BCUT2D eigenvalue weighted by Crippen LogP contribution is 2.30. The van der Waals surface area contributed by atoms with E-state index >= 15 is 0 Å². The first-order valence-electron chi connectivity index (χ1n) is 8.22. The zero-order chi connectivity index (χ0) is 16.2. The van der Waals surface area contributed by atoms with Gasteiger partial charge in [-0.05, 0) is 31.4 Å². The van der Waals surface area contributed by atoms with Gasteiger partial charge in [0.25, 0.3) is 0 Å². The van der Waals surface area contributed by atoms with E-state index in [-0.39, 0.29) is 23.8 Å². The second kappa shape index (κ2) is 7.34. The number of pyridine rings is 1. The molecule has 1 aliphatic heterocycles. The Morgan fingerprint density at radius 2 is 2.13 bits per heavy atom. The molecule has 0 bridgehead atoms. The molecule has 1 saturated carbocycles. The third-order valence-corrected chi connectivity index (χ3v) is 5.62. The number of aromatic nitrogens is 1. The van der Waals surface area contributed by atoms with E-state index in [1.807, 2.05) is 19.1 Å². The maximum absolute atomic E-state index is 12.6. The van der Waals surface area contributed by atoms with Crippen LogP contribution in [0.15, 0.2) is 18.3 Å². The quantitative estimate of drug-likeness (QED) is 0.916. The second-order valence-electron chi connectivity index (χ2n) is 6.33. The van der Waals surface area contributed by atoms with Crippen molar-refractivity contribution in [1.29, 1.82) is 0 Å². The number of hydrogen-bond donors (Lipinski definition) is 1. The molecule has 2 heterocycles. The highest BCUT2D eigenvalue weighted by molar-refractivity contribution is 7.99. The largest absolute Gasteiger partial charge is 0.350 e. The van der Waals surface area contributed by atoms with Gasteiger partial charge in [-0.1, -0.05) is 18.9 Å². The molecule has 6 heteroatoms. The fourth-order valence-corrected chi connectivity index (χ4v) is 4.36. The summed E-state index contributed by atoms with van der Waals surface area (Å²) < 4.78 is 0. The number of thioether (sulfide) groups is 1. The van der Waals surface area contributed by atoms with Crippen molar-refractivity contribution in [3.05, 3.63) is 29.6 Å². The highest BCUT2D eigenvalue weighted by Gasteiger charge is 2.38. The molecule has 0 spiro atoms. The number of aryl methyl sites for hydroxylation is 1. The monoisotopic (exact) mass is 333 g/mol. The Bertz CT molecular complexity index is 570. The lowest BCUT2D eigenvalue weighted by Gasteiger charge is -2.25. The summed E-state index contributed by atoms with van der Waals surface area (Å²) in [5, 5.41) is 2.95. The van der Waals surface area contributed by atoms with Gasteiger partial charge in [-0.3, -0.25) is 14.6 Å². The Morgan fingerprint density at radius 1 is 1.35 bits per heavy atom. The Kier molecular flexibility index (Phi) is 5.20. The van der Waals surface area contributed by atoms with Gasteiger partial charge in [0.15, 0.2) is 0 Å². The van der Waals surface area contributed by atoms with E-state index in [0.29, 0.717) is 18.2 Å². The molecule has 1 saturated heterocycles. The van der Waals surface area contributed by atoms with E-state index in [4.69, 9.17) is 0 Å². The molecule has 1 aromatic heterocycles. The van der Waals surface area contributed by atoms with E-state index in [1.165, 1.54) is 0 Å². The van der Waals surface area contributed by atoms with Gasteiger partial charge in [-0.2, -0.15) is 0 Å². The van der Waals surface area contributed by atoms with Crippen LogP contribution < -0.4 is 5.32 Å². The number of amides is 2. The number of hydrogen-bond acceptors (Lipinski definition) is 4. The zero-order valence-corrected chi connectivity index (χ0v) is 14.3. The van der Waals surface area contributed by atoms with Gasteiger partial charge < -0.3 is 10.2 Å². The lowest BCUT2D eigenvalue weighted by Crippen LogP contribution is -2.48. The first-order valence-corrected chi connectivity index (χ1v) is 9.38. The molecular formula is C17H23N3O2S. The Morgan fingerprint density at radius 3 is 2.83 bits per heavy atom. The van der Waals surface area contributed by atoms with Crippen molar-refractivity contribution >= 4 is 23.6 Å². The molecule has 5 nitrogen and oxygen atoms in total. The van der Waals surface area contributed by atoms with Crippen molar-refractivity contribution in [2.24, 2.45) is 5.92 Å². The van der Waals surface area contributed by atoms with Gasteiger partial charge in [0.1, 0.15) is 6.04 Å². The van der Waals surface area contributed by atoms with Crippen molar-refractivity contribution in [3.63, 3.8) is 0 Å². The smallest absolute Gasteiger partial charge is 0.243 e. The summed E-state index contributed by atoms with van der Waals surface area (Å²) in [6, 6.07) is 3.57. The minimum atomic E-state index is -0.327. The molecule has 2 amide bonds. The van der Waals surface area contributed by atoms with Gasteiger partial charge in [0.2, 0.25) is 11.8 Å². The molecule has 0 radical (unpaired) electrons.